The Kier molecular flexibility index (Phi) is 3.71. The van der Waals surface area contributed by atoms with Gasteiger partial charge < -0.3 is 5.32 Å². The standard InChI is InChI=1S/C11H14ClN5/c1-8(2)13-3-9-4-14-11(15-5-9)17-7-10(12)6-16-17/h4-8,13H,3H2,1-2H3. The van der Waals surface area contributed by atoms with Gasteiger partial charge in [-0.3, -0.25) is 0 Å². The molecule has 0 unspecified atom stereocenters. The second-order valence-corrected chi connectivity index (χ2v) is 4.47. The Morgan fingerprint density at radius 1 is 1.29 bits per heavy atom. The summed E-state index contributed by atoms with van der Waals surface area (Å²) in [6, 6.07) is 0.444. The summed E-state index contributed by atoms with van der Waals surface area (Å²) in [6.45, 7) is 4.96. The van der Waals surface area contributed by atoms with Crippen molar-refractivity contribution >= 4 is 11.6 Å². The molecule has 0 spiro atoms. The number of hydrogen-bond donors (Lipinski definition) is 1. The molecular weight excluding hydrogens is 238 g/mol. The third-order valence-electron chi connectivity index (χ3n) is 2.16. The smallest absolute Gasteiger partial charge is 0.250 e. The van der Waals surface area contributed by atoms with E-state index in [0.29, 0.717) is 17.0 Å². The minimum atomic E-state index is 0.444. The third-order valence-corrected chi connectivity index (χ3v) is 2.36. The number of nitrogens with zero attached hydrogens (tertiary/aromatic N) is 4. The van der Waals surface area contributed by atoms with Gasteiger partial charge in [-0.1, -0.05) is 25.4 Å². The topological polar surface area (TPSA) is 55.6 Å². The van der Waals surface area contributed by atoms with E-state index in [0.717, 1.165) is 12.1 Å². The van der Waals surface area contributed by atoms with Gasteiger partial charge in [-0.25, -0.2) is 14.6 Å². The van der Waals surface area contributed by atoms with Crippen LogP contribution in [-0.2, 0) is 6.54 Å². The molecule has 2 heterocycles. The summed E-state index contributed by atoms with van der Waals surface area (Å²) in [5.74, 6) is 0.519. The van der Waals surface area contributed by atoms with Gasteiger partial charge in [0.1, 0.15) is 0 Å². The quantitative estimate of drug-likeness (QED) is 0.901. The normalized spacial score (nSPS) is 11.1. The van der Waals surface area contributed by atoms with Crippen LogP contribution >= 0.6 is 11.6 Å². The molecule has 0 fully saturated rings. The van der Waals surface area contributed by atoms with Gasteiger partial charge in [0.05, 0.1) is 17.4 Å². The van der Waals surface area contributed by atoms with Crippen LogP contribution in [0.5, 0.6) is 0 Å². The zero-order chi connectivity index (χ0) is 12.3. The SMILES string of the molecule is CC(C)NCc1cnc(-n2cc(Cl)cn2)nc1. The van der Waals surface area contributed by atoms with Gasteiger partial charge in [-0.05, 0) is 0 Å². The largest absolute Gasteiger partial charge is 0.310 e. The fourth-order valence-corrected chi connectivity index (χ4v) is 1.43. The number of hydrogen-bond acceptors (Lipinski definition) is 4. The lowest BCUT2D eigenvalue weighted by Gasteiger charge is -2.07. The van der Waals surface area contributed by atoms with E-state index < -0.39 is 0 Å². The molecule has 90 valence electrons. The van der Waals surface area contributed by atoms with Crippen molar-refractivity contribution in [3.8, 4) is 5.95 Å². The first-order valence-electron chi connectivity index (χ1n) is 5.40. The predicted molar refractivity (Wildman–Crippen MR) is 66.1 cm³/mol. The average Bonchev–Trinajstić information content (AvgIpc) is 2.74. The Hall–Kier alpha value is -1.46. The molecule has 1 N–H and O–H groups in total. The number of rotatable bonds is 4. The highest BCUT2D eigenvalue weighted by atomic mass is 35.5. The first-order valence-corrected chi connectivity index (χ1v) is 5.78. The summed E-state index contributed by atoms with van der Waals surface area (Å²) in [4.78, 5) is 8.46. The lowest BCUT2D eigenvalue weighted by atomic mass is 10.3. The Bertz CT molecular complexity index is 477. The third kappa shape index (κ3) is 3.25. The second kappa shape index (κ2) is 5.25. The summed E-state index contributed by atoms with van der Waals surface area (Å²) in [5, 5.41) is 7.90. The number of halogens is 1. The molecule has 0 aliphatic heterocycles. The van der Waals surface area contributed by atoms with Crippen LogP contribution < -0.4 is 5.32 Å². The first-order chi connectivity index (χ1) is 8.15. The van der Waals surface area contributed by atoms with E-state index in [1.165, 1.54) is 0 Å². The van der Waals surface area contributed by atoms with Gasteiger partial charge in [0.2, 0.25) is 5.95 Å². The molecule has 0 aliphatic rings. The predicted octanol–water partition coefficient (Wildman–Crippen LogP) is 1.81. The average molecular weight is 252 g/mol. The molecule has 5 nitrogen and oxygen atoms in total. The Morgan fingerprint density at radius 3 is 2.53 bits per heavy atom. The van der Waals surface area contributed by atoms with E-state index in [4.69, 9.17) is 11.6 Å². The van der Waals surface area contributed by atoms with E-state index in [-0.39, 0.29) is 0 Å². The van der Waals surface area contributed by atoms with Crippen LogP contribution in [-0.4, -0.2) is 25.8 Å². The first kappa shape index (κ1) is 12.0. The van der Waals surface area contributed by atoms with Crippen molar-refractivity contribution in [2.24, 2.45) is 0 Å². The fraction of sp³-hybridized carbons (Fsp3) is 0.364. The van der Waals surface area contributed by atoms with Crippen molar-refractivity contribution in [3.63, 3.8) is 0 Å². The van der Waals surface area contributed by atoms with Crippen LogP contribution in [0.2, 0.25) is 5.02 Å². The summed E-state index contributed by atoms with van der Waals surface area (Å²) in [5.41, 5.74) is 1.04. The number of aromatic nitrogens is 4. The fourth-order valence-electron chi connectivity index (χ4n) is 1.29. The molecule has 0 bridgehead atoms. The van der Waals surface area contributed by atoms with Gasteiger partial charge in [0.25, 0.3) is 0 Å². The summed E-state index contributed by atoms with van der Waals surface area (Å²) in [6.07, 6.45) is 6.79. The van der Waals surface area contributed by atoms with Crippen molar-refractivity contribution in [2.45, 2.75) is 26.4 Å². The van der Waals surface area contributed by atoms with Crippen LogP contribution in [0.1, 0.15) is 19.4 Å². The lowest BCUT2D eigenvalue weighted by molar-refractivity contribution is 0.586. The van der Waals surface area contributed by atoms with Crippen molar-refractivity contribution < 1.29 is 0 Å². The lowest BCUT2D eigenvalue weighted by Crippen LogP contribution is -2.22. The van der Waals surface area contributed by atoms with E-state index in [9.17, 15) is 0 Å². The highest BCUT2D eigenvalue weighted by molar-refractivity contribution is 6.30. The second-order valence-electron chi connectivity index (χ2n) is 4.03. The van der Waals surface area contributed by atoms with Crippen molar-refractivity contribution in [1.29, 1.82) is 0 Å². The minimum absolute atomic E-state index is 0.444. The van der Waals surface area contributed by atoms with Gasteiger partial charge in [-0.2, -0.15) is 5.10 Å². The highest BCUT2D eigenvalue weighted by Gasteiger charge is 2.02. The maximum Gasteiger partial charge on any atom is 0.250 e. The van der Waals surface area contributed by atoms with Crippen LogP contribution in [0.25, 0.3) is 5.95 Å². The molecule has 17 heavy (non-hydrogen) atoms. The minimum Gasteiger partial charge on any atom is -0.310 e. The Labute approximate surface area is 105 Å². The van der Waals surface area contributed by atoms with Gasteiger partial charge in [-0.15, -0.1) is 0 Å². The van der Waals surface area contributed by atoms with Gasteiger partial charge in [0.15, 0.2) is 0 Å². The molecule has 0 saturated heterocycles. The Balaban J connectivity index is 2.07. The van der Waals surface area contributed by atoms with E-state index in [1.54, 1.807) is 29.5 Å². The van der Waals surface area contributed by atoms with Gasteiger partial charge in [0, 0.05) is 30.5 Å². The van der Waals surface area contributed by atoms with Crippen LogP contribution in [0.4, 0.5) is 0 Å². The van der Waals surface area contributed by atoms with Crippen LogP contribution in [0, 0.1) is 0 Å². The molecular formula is C11H14ClN5. The number of nitrogens with one attached hydrogen (secondary N) is 1. The maximum absolute atomic E-state index is 5.78. The molecule has 0 saturated carbocycles. The summed E-state index contributed by atoms with van der Waals surface area (Å²) < 4.78 is 1.54. The van der Waals surface area contributed by atoms with Crippen molar-refractivity contribution in [1.82, 2.24) is 25.1 Å². The molecule has 6 heteroatoms. The van der Waals surface area contributed by atoms with Crippen molar-refractivity contribution in [2.75, 3.05) is 0 Å². The van der Waals surface area contributed by atoms with Gasteiger partial charge >= 0.3 is 0 Å². The zero-order valence-electron chi connectivity index (χ0n) is 9.76. The van der Waals surface area contributed by atoms with Crippen LogP contribution in [0.15, 0.2) is 24.8 Å². The monoisotopic (exact) mass is 251 g/mol. The molecule has 0 aliphatic carbocycles. The Morgan fingerprint density at radius 2 is 2.00 bits per heavy atom. The van der Waals surface area contributed by atoms with Crippen molar-refractivity contribution in [3.05, 3.63) is 35.4 Å². The molecule has 2 aromatic heterocycles. The molecule has 2 rings (SSSR count). The molecule has 0 amide bonds. The summed E-state index contributed by atoms with van der Waals surface area (Å²) in [7, 11) is 0. The van der Waals surface area contributed by atoms with E-state index >= 15 is 0 Å². The molecule has 0 atom stereocenters. The maximum atomic E-state index is 5.78. The highest BCUT2D eigenvalue weighted by Crippen LogP contribution is 2.08. The zero-order valence-corrected chi connectivity index (χ0v) is 10.5. The van der Waals surface area contributed by atoms with E-state index in [1.807, 2.05) is 0 Å². The molecule has 0 aromatic carbocycles. The molecule has 2 aromatic rings. The molecule has 0 radical (unpaired) electrons. The van der Waals surface area contributed by atoms with E-state index in [2.05, 4.69) is 34.2 Å². The van der Waals surface area contributed by atoms with Crippen LogP contribution in [0.3, 0.4) is 0 Å². The summed E-state index contributed by atoms with van der Waals surface area (Å²) >= 11 is 5.78.